The number of nitrogen functional groups attached to an aromatic ring is 1. The molecule has 3 aromatic rings. The third kappa shape index (κ3) is 6.25. The van der Waals surface area contributed by atoms with Gasteiger partial charge in [-0.3, -0.25) is 4.79 Å². The van der Waals surface area contributed by atoms with Crippen LogP contribution in [-0.4, -0.2) is 47.0 Å². The number of hydrazone groups is 1. The standard InChI is InChI=1S/C21H23N7O3S/c1-30-16-10-11-17(18(13-16)31-2)24-19(29)14-32-21-27-26-20(28(21)22)25-23-12-6-9-15-7-4-3-5-8-15/h3-13H,14,22H2,1-2H3,(H,24,29)(H,25,26)/b9-6+,23-12+. The largest absolute Gasteiger partial charge is 0.497 e. The van der Waals surface area contributed by atoms with E-state index in [2.05, 4.69) is 26.0 Å². The number of allylic oxidation sites excluding steroid dienone is 1. The first kappa shape index (κ1) is 22.7. The molecule has 0 atom stereocenters. The summed E-state index contributed by atoms with van der Waals surface area (Å²) in [7, 11) is 3.08. The maximum atomic E-state index is 12.3. The van der Waals surface area contributed by atoms with E-state index in [4.69, 9.17) is 15.3 Å². The average Bonchev–Trinajstić information content (AvgIpc) is 3.17. The lowest BCUT2D eigenvalue weighted by atomic mass is 10.2. The van der Waals surface area contributed by atoms with Crippen LogP contribution in [0.1, 0.15) is 5.56 Å². The second-order valence-electron chi connectivity index (χ2n) is 6.24. The lowest BCUT2D eigenvalue weighted by molar-refractivity contribution is -0.113. The Morgan fingerprint density at radius 1 is 1.19 bits per heavy atom. The molecule has 2 aromatic carbocycles. The molecular weight excluding hydrogens is 430 g/mol. The minimum absolute atomic E-state index is 0.0770. The number of nitrogens with two attached hydrogens (primary N) is 1. The maximum absolute atomic E-state index is 12.3. The smallest absolute Gasteiger partial charge is 0.264 e. The van der Waals surface area contributed by atoms with Crippen LogP contribution in [0.5, 0.6) is 11.5 Å². The topological polar surface area (TPSA) is 129 Å². The number of rotatable bonds is 10. The van der Waals surface area contributed by atoms with Crippen LogP contribution >= 0.6 is 11.8 Å². The summed E-state index contributed by atoms with van der Waals surface area (Å²) in [5, 5.41) is 15.1. The van der Waals surface area contributed by atoms with Crippen LogP contribution < -0.4 is 26.1 Å². The number of carbonyl (C=O) groups excluding carboxylic acids is 1. The molecule has 0 aliphatic heterocycles. The Morgan fingerprint density at radius 2 is 2.00 bits per heavy atom. The molecule has 32 heavy (non-hydrogen) atoms. The fourth-order valence-corrected chi connectivity index (χ4v) is 3.18. The summed E-state index contributed by atoms with van der Waals surface area (Å²) in [5.74, 6) is 7.17. The molecule has 0 unspecified atom stereocenters. The fraction of sp³-hybridized carbons (Fsp3) is 0.143. The Bertz CT molecular complexity index is 1100. The zero-order valence-corrected chi connectivity index (χ0v) is 18.4. The highest BCUT2D eigenvalue weighted by Crippen LogP contribution is 2.29. The molecular formula is C21H23N7O3S. The minimum atomic E-state index is -0.250. The van der Waals surface area contributed by atoms with Crippen LogP contribution in [0.15, 0.2) is 64.9 Å². The first-order valence-corrected chi connectivity index (χ1v) is 10.4. The number of carbonyl (C=O) groups is 1. The van der Waals surface area contributed by atoms with Crippen molar-refractivity contribution in [3.8, 4) is 11.5 Å². The van der Waals surface area contributed by atoms with Gasteiger partial charge in [0.25, 0.3) is 5.95 Å². The Hall–Kier alpha value is -3.99. The Labute approximate surface area is 189 Å². The number of hydrogen-bond acceptors (Lipinski definition) is 9. The molecule has 0 bridgehead atoms. The van der Waals surface area contributed by atoms with Crippen molar-refractivity contribution in [2.75, 3.05) is 36.6 Å². The van der Waals surface area contributed by atoms with Gasteiger partial charge in [-0.1, -0.05) is 48.2 Å². The fourth-order valence-electron chi connectivity index (χ4n) is 2.53. The quantitative estimate of drug-likeness (QED) is 0.185. The van der Waals surface area contributed by atoms with Crippen molar-refractivity contribution < 1.29 is 14.3 Å². The third-order valence-corrected chi connectivity index (χ3v) is 5.04. The highest BCUT2D eigenvalue weighted by molar-refractivity contribution is 7.99. The van der Waals surface area contributed by atoms with Crippen molar-refractivity contribution in [1.82, 2.24) is 14.9 Å². The van der Waals surface area contributed by atoms with Gasteiger partial charge < -0.3 is 20.6 Å². The molecule has 1 amide bonds. The van der Waals surface area contributed by atoms with Gasteiger partial charge in [0.1, 0.15) is 11.5 Å². The number of amides is 1. The number of methoxy groups -OCH3 is 2. The van der Waals surface area contributed by atoms with Gasteiger partial charge in [0.2, 0.25) is 11.1 Å². The number of anilines is 2. The second kappa shape index (κ2) is 11.4. The molecule has 1 aromatic heterocycles. The van der Waals surface area contributed by atoms with Crippen LogP contribution in [0.25, 0.3) is 6.08 Å². The summed E-state index contributed by atoms with van der Waals surface area (Å²) in [6.45, 7) is 0. The van der Waals surface area contributed by atoms with Gasteiger partial charge in [-0.25, -0.2) is 10.1 Å². The van der Waals surface area contributed by atoms with Crippen LogP contribution in [-0.2, 0) is 4.79 Å². The van der Waals surface area contributed by atoms with Crippen molar-refractivity contribution in [2.24, 2.45) is 5.10 Å². The molecule has 4 N–H and O–H groups in total. The first-order valence-electron chi connectivity index (χ1n) is 9.46. The van der Waals surface area contributed by atoms with E-state index in [1.807, 2.05) is 36.4 Å². The minimum Gasteiger partial charge on any atom is -0.497 e. The van der Waals surface area contributed by atoms with Gasteiger partial charge in [-0.15, -0.1) is 10.2 Å². The molecule has 3 rings (SSSR count). The van der Waals surface area contributed by atoms with E-state index in [-0.39, 0.29) is 17.6 Å². The average molecular weight is 454 g/mol. The highest BCUT2D eigenvalue weighted by Gasteiger charge is 2.13. The maximum Gasteiger partial charge on any atom is 0.264 e. The summed E-state index contributed by atoms with van der Waals surface area (Å²) in [6, 6.07) is 15.0. The van der Waals surface area contributed by atoms with Crippen molar-refractivity contribution in [3.63, 3.8) is 0 Å². The molecule has 0 saturated carbocycles. The van der Waals surface area contributed by atoms with Crippen molar-refractivity contribution in [3.05, 3.63) is 60.2 Å². The molecule has 0 aliphatic carbocycles. The number of nitrogens with one attached hydrogen (secondary N) is 2. The molecule has 0 aliphatic rings. The van der Waals surface area contributed by atoms with E-state index in [1.54, 1.807) is 37.6 Å². The molecule has 10 nitrogen and oxygen atoms in total. The zero-order chi connectivity index (χ0) is 22.8. The van der Waals surface area contributed by atoms with Gasteiger partial charge in [-0.2, -0.15) is 5.10 Å². The summed E-state index contributed by atoms with van der Waals surface area (Å²) >= 11 is 1.14. The number of aromatic nitrogens is 3. The van der Waals surface area contributed by atoms with Crippen LogP contribution in [0, 0.1) is 0 Å². The van der Waals surface area contributed by atoms with E-state index >= 15 is 0 Å². The molecule has 11 heteroatoms. The number of benzene rings is 2. The summed E-state index contributed by atoms with van der Waals surface area (Å²) in [6.07, 6.45) is 5.27. The van der Waals surface area contributed by atoms with E-state index in [0.29, 0.717) is 22.3 Å². The molecule has 0 saturated heterocycles. The van der Waals surface area contributed by atoms with Gasteiger partial charge in [-0.05, 0) is 23.8 Å². The highest BCUT2D eigenvalue weighted by atomic mass is 32.2. The normalized spacial score (nSPS) is 11.1. The van der Waals surface area contributed by atoms with Crippen molar-refractivity contribution in [1.29, 1.82) is 0 Å². The summed E-state index contributed by atoms with van der Waals surface area (Å²) in [4.78, 5) is 12.3. The van der Waals surface area contributed by atoms with Gasteiger partial charge >= 0.3 is 0 Å². The lowest BCUT2D eigenvalue weighted by Gasteiger charge is -2.11. The van der Waals surface area contributed by atoms with E-state index < -0.39 is 0 Å². The number of ether oxygens (including phenoxy) is 2. The predicted octanol–water partition coefficient (Wildman–Crippen LogP) is 2.85. The first-order chi connectivity index (χ1) is 15.6. The Morgan fingerprint density at radius 3 is 2.75 bits per heavy atom. The Balaban J connectivity index is 1.50. The Kier molecular flexibility index (Phi) is 8.09. The summed E-state index contributed by atoms with van der Waals surface area (Å²) < 4.78 is 11.7. The van der Waals surface area contributed by atoms with Crippen LogP contribution in [0.2, 0.25) is 0 Å². The molecule has 0 spiro atoms. The predicted molar refractivity (Wildman–Crippen MR) is 127 cm³/mol. The molecule has 0 radical (unpaired) electrons. The molecule has 166 valence electrons. The number of nitrogens with zero attached hydrogens (tertiary/aromatic N) is 4. The molecule has 1 heterocycles. The van der Waals surface area contributed by atoms with E-state index in [1.165, 1.54) is 11.8 Å². The third-order valence-electron chi connectivity index (χ3n) is 4.09. The van der Waals surface area contributed by atoms with Crippen LogP contribution in [0.4, 0.5) is 11.6 Å². The zero-order valence-electron chi connectivity index (χ0n) is 17.6. The summed E-state index contributed by atoms with van der Waals surface area (Å²) in [5.41, 5.74) is 4.31. The van der Waals surface area contributed by atoms with Gasteiger partial charge in [0.05, 0.1) is 25.7 Å². The molecule has 0 fully saturated rings. The number of hydrogen-bond donors (Lipinski definition) is 3. The van der Waals surface area contributed by atoms with E-state index in [0.717, 1.165) is 17.3 Å². The van der Waals surface area contributed by atoms with Gasteiger partial charge in [0.15, 0.2) is 0 Å². The lowest BCUT2D eigenvalue weighted by Crippen LogP contribution is -2.17. The van der Waals surface area contributed by atoms with Crippen LogP contribution in [0.3, 0.4) is 0 Å². The second-order valence-corrected chi connectivity index (χ2v) is 7.18. The SMILES string of the molecule is COc1ccc(NC(=O)CSc2nnc(N/N=C/C=C/c3ccccc3)n2N)c(OC)c1. The van der Waals surface area contributed by atoms with Crippen molar-refractivity contribution >= 4 is 41.6 Å². The van der Waals surface area contributed by atoms with Gasteiger partial charge in [0, 0.05) is 12.3 Å². The van der Waals surface area contributed by atoms with Crippen molar-refractivity contribution in [2.45, 2.75) is 5.16 Å². The number of thioether (sulfide) groups is 1. The van der Waals surface area contributed by atoms with E-state index in [9.17, 15) is 4.79 Å². The monoisotopic (exact) mass is 453 g/mol.